The van der Waals surface area contributed by atoms with Crippen molar-refractivity contribution in [3.8, 4) is 0 Å². The van der Waals surface area contributed by atoms with E-state index in [1.807, 2.05) is 0 Å². The van der Waals surface area contributed by atoms with E-state index < -0.39 is 6.43 Å². The van der Waals surface area contributed by atoms with Gasteiger partial charge in [0.25, 0.3) is 0 Å². The Morgan fingerprint density at radius 2 is 2.00 bits per heavy atom. The molecule has 0 amide bonds. The minimum atomic E-state index is -2.31. The molecule has 0 aliphatic carbocycles. The molecule has 0 spiro atoms. The second kappa shape index (κ2) is 4.89. The van der Waals surface area contributed by atoms with Crippen molar-refractivity contribution < 1.29 is 13.6 Å². The average molecular weight is 187 g/mol. The highest BCUT2D eigenvalue weighted by Gasteiger charge is 2.04. The van der Waals surface area contributed by atoms with Crippen molar-refractivity contribution in [2.45, 2.75) is 19.5 Å². The smallest absolute Gasteiger partial charge is 0.242 e. The van der Waals surface area contributed by atoms with Crippen LogP contribution in [0.15, 0.2) is 24.3 Å². The summed E-state index contributed by atoms with van der Waals surface area (Å²) in [7, 11) is 0. The Morgan fingerprint density at radius 3 is 2.62 bits per heavy atom. The highest BCUT2D eigenvalue weighted by atomic mass is 19.3. The molecule has 1 aromatic rings. The third kappa shape index (κ3) is 3.48. The van der Waals surface area contributed by atoms with E-state index in [9.17, 15) is 8.78 Å². The zero-order valence-electron chi connectivity index (χ0n) is 7.04. The van der Waals surface area contributed by atoms with E-state index in [-0.39, 0.29) is 13.0 Å². The van der Waals surface area contributed by atoms with Gasteiger partial charge < -0.3 is 0 Å². The van der Waals surface area contributed by atoms with Crippen LogP contribution in [0.2, 0.25) is 0 Å². The molecular weight excluding hydrogens is 176 g/mol. The van der Waals surface area contributed by atoms with Crippen molar-refractivity contribution in [2.75, 3.05) is 0 Å². The number of benzene rings is 1. The molecule has 2 nitrogen and oxygen atoms in total. The molecule has 0 aromatic heterocycles. The first-order chi connectivity index (χ1) is 6.22. The van der Waals surface area contributed by atoms with Crippen molar-refractivity contribution in [1.82, 2.24) is 0 Å². The van der Waals surface area contributed by atoms with Crippen LogP contribution in [0.3, 0.4) is 0 Å². The third-order valence-electron chi connectivity index (χ3n) is 1.63. The van der Waals surface area contributed by atoms with E-state index in [4.69, 9.17) is 5.90 Å². The lowest BCUT2D eigenvalue weighted by atomic mass is 10.1. The van der Waals surface area contributed by atoms with E-state index in [0.29, 0.717) is 5.56 Å². The Bertz CT molecular complexity index is 266. The molecule has 0 unspecified atom stereocenters. The third-order valence-corrected chi connectivity index (χ3v) is 1.63. The first kappa shape index (κ1) is 10.1. The van der Waals surface area contributed by atoms with Crippen LogP contribution in [-0.2, 0) is 17.9 Å². The molecule has 13 heavy (non-hydrogen) atoms. The molecule has 1 rings (SSSR count). The zero-order chi connectivity index (χ0) is 9.68. The fourth-order valence-corrected chi connectivity index (χ4v) is 1.12. The van der Waals surface area contributed by atoms with Crippen LogP contribution in [-0.4, -0.2) is 6.43 Å². The van der Waals surface area contributed by atoms with Crippen LogP contribution in [0.25, 0.3) is 0 Å². The minimum Gasteiger partial charge on any atom is -0.300 e. The van der Waals surface area contributed by atoms with Crippen LogP contribution >= 0.6 is 0 Å². The molecule has 4 heteroatoms. The van der Waals surface area contributed by atoms with Crippen LogP contribution < -0.4 is 5.90 Å². The Hall–Kier alpha value is -1.00. The maximum absolute atomic E-state index is 12.0. The molecule has 72 valence electrons. The number of hydrogen-bond acceptors (Lipinski definition) is 2. The highest BCUT2D eigenvalue weighted by molar-refractivity contribution is 5.23. The summed E-state index contributed by atoms with van der Waals surface area (Å²) >= 11 is 0. The number of hydrogen-bond donors (Lipinski definition) is 1. The van der Waals surface area contributed by atoms with E-state index in [0.717, 1.165) is 5.56 Å². The van der Waals surface area contributed by atoms with Crippen LogP contribution in [0.4, 0.5) is 8.78 Å². The highest BCUT2D eigenvalue weighted by Crippen LogP contribution is 2.10. The maximum atomic E-state index is 12.0. The van der Waals surface area contributed by atoms with Gasteiger partial charge in [0.1, 0.15) is 0 Å². The number of alkyl halides is 2. The summed E-state index contributed by atoms with van der Waals surface area (Å²) in [5, 5.41) is 0. The Labute approximate surface area is 75.3 Å². The van der Waals surface area contributed by atoms with Crippen molar-refractivity contribution >= 4 is 0 Å². The zero-order valence-corrected chi connectivity index (χ0v) is 7.04. The van der Waals surface area contributed by atoms with Crippen molar-refractivity contribution in [1.29, 1.82) is 0 Å². The molecule has 0 saturated carbocycles. The monoisotopic (exact) mass is 187 g/mol. The predicted molar refractivity (Wildman–Crippen MR) is 45.1 cm³/mol. The maximum Gasteiger partial charge on any atom is 0.242 e. The quantitative estimate of drug-likeness (QED) is 0.730. The second-order valence-corrected chi connectivity index (χ2v) is 2.73. The molecule has 1 aromatic carbocycles. The van der Waals surface area contributed by atoms with Gasteiger partial charge in [-0.15, -0.1) is 0 Å². The minimum absolute atomic E-state index is 0.224. The van der Waals surface area contributed by atoms with Crippen LogP contribution in [0.5, 0.6) is 0 Å². The molecule has 2 N–H and O–H groups in total. The first-order valence-corrected chi connectivity index (χ1v) is 3.90. The van der Waals surface area contributed by atoms with Crippen molar-refractivity contribution in [3.63, 3.8) is 0 Å². The normalized spacial score (nSPS) is 10.8. The van der Waals surface area contributed by atoms with Gasteiger partial charge in [0, 0.05) is 6.42 Å². The van der Waals surface area contributed by atoms with Gasteiger partial charge in [-0.1, -0.05) is 24.3 Å². The molecule has 0 radical (unpaired) electrons. The largest absolute Gasteiger partial charge is 0.300 e. The number of nitrogens with two attached hydrogens (primary N) is 1. The van der Waals surface area contributed by atoms with E-state index in [1.165, 1.54) is 0 Å². The van der Waals surface area contributed by atoms with Gasteiger partial charge in [0.05, 0.1) is 6.61 Å². The standard InChI is InChI=1S/C9H11F2NO/c10-9(11)5-7-2-1-3-8(4-7)6-13-12/h1-4,9H,5-6,12H2. The molecule has 0 atom stereocenters. The van der Waals surface area contributed by atoms with Gasteiger partial charge in [-0.3, -0.25) is 4.84 Å². The van der Waals surface area contributed by atoms with E-state index in [2.05, 4.69) is 4.84 Å². The fourth-order valence-electron chi connectivity index (χ4n) is 1.12. The summed E-state index contributed by atoms with van der Waals surface area (Å²) in [6, 6.07) is 6.82. The fraction of sp³-hybridized carbons (Fsp3) is 0.333. The van der Waals surface area contributed by atoms with E-state index >= 15 is 0 Å². The molecule has 0 heterocycles. The number of rotatable bonds is 4. The van der Waals surface area contributed by atoms with Gasteiger partial charge in [-0.05, 0) is 11.1 Å². The van der Waals surface area contributed by atoms with Gasteiger partial charge in [0.2, 0.25) is 6.43 Å². The summed E-state index contributed by atoms with van der Waals surface area (Å²) in [6.07, 6.45) is -2.53. The summed E-state index contributed by atoms with van der Waals surface area (Å²) in [6.45, 7) is 0.247. The molecular formula is C9H11F2NO. The Balaban J connectivity index is 2.67. The molecule has 0 fully saturated rings. The summed E-state index contributed by atoms with van der Waals surface area (Å²) in [5.41, 5.74) is 1.41. The van der Waals surface area contributed by atoms with Gasteiger partial charge in [-0.2, -0.15) is 0 Å². The lowest BCUT2D eigenvalue weighted by Gasteiger charge is -2.03. The van der Waals surface area contributed by atoms with Gasteiger partial charge in [0.15, 0.2) is 0 Å². The van der Waals surface area contributed by atoms with E-state index in [1.54, 1.807) is 24.3 Å². The van der Waals surface area contributed by atoms with Gasteiger partial charge in [-0.25, -0.2) is 14.7 Å². The lowest BCUT2D eigenvalue weighted by Crippen LogP contribution is -2.01. The van der Waals surface area contributed by atoms with Gasteiger partial charge >= 0.3 is 0 Å². The second-order valence-electron chi connectivity index (χ2n) is 2.73. The Morgan fingerprint density at radius 1 is 1.31 bits per heavy atom. The van der Waals surface area contributed by atoms with Crippen molar-refractivity contribution in [3.05, 3.63) is 35.4 Å². The molecule has 0 bridgehead atoms. The van der Waals surface area contributed by atoms with Crippen LogP contribution in [0, 0.1) is 0 Å². The predicted octanol–water partition coefficient (Wildman–Crippen LogP) is 1.88. The molecule has 0 aliphatic rings. The average Bonchev–Trinajstić information content (AvgIpc) is 2.04. The summed E-state index contributed by atoms with van der Waals surface area (Å²) in [5.74, 6) is 4.86. The lowest BCUT2D eigenvalue weighted by molar-refractivity contribution is 0.124. The summed E-state index contributed by atoms with van der Waals surface area (Å²) in [4.78, 5) is 4.40. The number of halogens is 2. The first-order valence-electron chi connectivity index (χ1n) is 3.90. The van der Waals surface area contributed by atoms with Crippen molar-refractivity contribution in [2.24, 2.45) is 5.90 Å². The molecule has 0 saturated heterocycles. The SMILES string of the molecule is NOCc1cccc(CC(F)F)c1. The topological polar surface area (TPSA) is 35.2 Å². The van der Waals surface area contributed by atoms with Crippen LogP contribution in [0.1, 0.15) is 11.1 Å². The Kier molecular flexibility index (Phi) is 3.79. The molecule has 0 aliphatic heterocycles. The summed E-state index contributed by atoms with van der Waals surface area (Å²) < 4.78 is 24.0.